The Balaban J connectivity index is 0.000000230. The maximum absolute atomic E-state index is 14.7. The van der Waals surface area contributed by atoms with E-state index in [1.807, 2.05) is 0 Å². The van der Waals surface area contributed by atoms with Crippen LogP contribution < -0.4 is 26.8 Å². The second-order valence-corrected chi connectivity index (χ2v) is 13.7. The Morgan fingerprint density at radius 1 is 0.754 bits per heavy atom. The van der Waals surface area contributed by atoms with E-state index in [0.717, 1.165) is 36.5 Å². The molecular weight excluding hydrogens is 836 g/mol. The Morgan fingerprint density at radius 3 is 1.60 bits per heavy atom. The second kappa shape index (κ2) is 16.8. The van der Waals surface area contributed by atoms with Crippen molar-refractivity contribution < 1.29 is 53.6 Å². The first-order valence-corrected chi connectivity index (χ1v) is 17.4. The molecule has 0 spiro atoms. The van der Waals surface area contributed by atoms with Crippen molar-refractivity contribution in [3.8, 4) is 5.75 Å². The molecule has 0 saturated carbocycles. The van der Waals surface area contributed by atoms with Gasteiger partial charge in [-0.2, -0.15) is 0 Å². The topological polar surface area (TPSA) is 170 Å². The molecule has 0 saturated heterocycles. The van der Waals surface area contributed by atoms with Crippen molar-refractivity contribution >= 4 is 50.8 Å². The van der Waals surface area contributed by atoms with Crippen LogP contribution in [0.1, 0.15) is 61.9 Å². The lowest BCUT2D eigenvalue weighted by atomic mass is 9.80. The number of methoxy groups -OCH3 is 1. The number of carbonyl (C=O) groups excluding carboxylic acids is 2. The zero-order valence-electron chi connectivity index (χ0n) is 32.2. The van der Waals surface area contributed by atoms with Crippen LogP contribution in [0.4, 0.5) is 46.5 Å². The molecule has 6 rings (SSSR count). The van der Waals surface area contributed by atoms with Crippen LogP contribution in [0.25, 0.3) is 0 Å². The number of ether oxygens (including phenoxy) is 1. The number of anilines is 2. The molecule has 6 N–H and O–H groups in total. The number of aliphatic imine (C=N–C) groups is 2. The summed E-state index contributed by atoms with van der Waals surface area (Å²) in [5.74, 6) is -11.5. The molecular formula is C37H33BrF8N8O3. The summed E-state index contributed by atoms with van der Waals surface area (Å²) in [6.45, 7) is -3.36. The largest absolute Gasteiger partial charge is 0.495 e. The van der Waals surface area contributed by atoms with Crippen LogP contribution in [0.15, 0.2) is 87.5 Å². The average molecular weight is 873 g/mol. The summed E-state index contributed by atoms with van der Waals surface area (Å²) in [5.41, 5.74) is 3.80. The Hall–Kier alpha value is -5.66. The Morgan fingerprint density at radius 2 is 1.21 bits per heavy atom. The highest BCUT2D eigenvalue weighted by Crippen LogP contribution is 2.49. The highest BCUT2D eigenvalue weighted by atomic mass is 79.9. The number of nitrogens with zero attached hydrogens (tertiary/aromatic N) is 4. The first-order chi connectivity index (χ1) is 28.0. The monoisotopic (exact) mass is 871 g/mol. The Labute approximate surface area is 332 Å². The summed E-state index contributed by atoms with van der Waals surface area (Å²) in [7, 11) is -2.70. The fourth-order valence-corrected chi connectivity index (χ4v) is 6.21. The van der Waals surface area contributed by atoms with Crippen LogP contribution in [0.2, 0.25) is 0 Å². The van der Waals surface area contributed by atoms with Gasteiger partial charge in [-0.25, -0.2) is 45.1 Å². The maximum Gasteiger partial charge on any atom is 0.280 e. The van der Waals surface area contributed by atoms with Crippen LogP contribution in [-0.2, 0) is 11.1 Å². The Bertz CT molecular complexity index is 2310. The van der Waals surface area contributed by atoms with Crippen molar-refractivity contribution in [2.24, 2.45) is 21.5 Å². The molecule has 0 bridgehead atoms. The minimum absolute atomic E-state index is 0.00547. The first-order valence-electron chi connectivity index (χ1n) is 18.1. The smallest absolute Gasteiger partial charge is 0.280 e. The molecule has 302 valence electrons. The van der Waals surface area contributed by atoms with Crippen molar-refractivity contribution in [1.29, 1.82) is 0 Å². The van der Waals surface area contributed by atoms with E-state index in [2.05, 4.69) is 51.3 Å². The molecule has 2 aromatic carbocycles. The number of benzene rings is 2. The third-order valence-electron chi connectivity index (χ3n) is 9.04. The van der Waals surface area contributed by atoms with Gasteiger partial charge in [0.2, 0.25) is 0 Å². The molecule has 4 aromatic rings. The number of halogens is 9. The number of rotatable bonds is 9. The van der Waals surface area contributed by atoms with Crippen molar-refractivity contribution in [2.75, 3.05) is 31.0 Å². The molecule has 0 fully saturated rings. The van der Waals surface area contributed by atoms with Gasteiger partial charge in [0.05, 0.1) is 29.0 Å². The molecule has 2 atom stereocenters. The molecule has 2 amide bonds. The Kier molecular flexibility index (Phi) is 11.3. The lowest BCUT2D eigenvalue weighted by molar-refractivity contribution is -0.0963. The molecule has 0 aliphatic carbocycles. The molecule has 2 aliphatic rings. The minimum atomic E-state index is -3.71. The highest BCUT2D eigenvalue weighted by molar-refractivity contribution is 9.10. The van der Waals surface area contributed by atoms with Gasteiger partial charge < -0.3 is 26.8 Å². The van der Waals surface area contributed by atoms with Gasteiger partial charge in [-0.05, 0) is 76.6 Å². The molecule has 2 aromatic heterocycles. The molecule has 11 nitrogen and oxygen atoms in total. The van der Waals surface area contributed by atoms with Crippen molar-refractivity contribution in [3.05, 3.63) is 112 Å². The number of aromatic nitrogens is 2. The van der Waals surface area contributed by atoms with Crippen molar-refractivity contribution in [1.82, 2.24) is 9.97 Å². The molecule has 20 heteroatoms. The third kappa shape index (κ3) is 8.69. The zero-order chi connectivity index (χ0) is 44.3. The van der Waals surface area contributed by atoms with E-state index in [1.54, 1.807) is 6.07 Å². The van der Waals surface area contributed by atoms with Crippen molar-refractivity contribution in [2.45, 2.75) is 48.6 Å². The summed E-state index contributed by atoms with van der Waals surface area (Å²) >= 11 is 3.19. The van der Waals surface area contributed by atoms with E-state index < -0.39 is 90.7 Å². The quantitative estimate of drug-likeness (QED) is 0.125. The van der Waals surface area contributed by atoms with Crippen LogP contribution >= 0.6 is 15.9 Å². The van der Waals surface area contributed by atoms with Gasteiger partial charge in [-0.15, -0.1) is 0 Å². The highest BCUT2D eigenvalue weighted by Gasteiger charge is 2.59. The van der Waals surface area contributed by atoms with Crippen LogP contribution in [0.5, 0.6) is 5.75 Å². The summed E-state index contributed by atoms with van der Waals surface area (Å²) in [4.78, 5) is 39.6. The van der Waals surface area contributed by atoms with E-state index in [-0.39, 0.29) is 53.0 Å². The molecule has 4 heterocycles. The lowest BCUT2D eigenvalue weighted by Gasteiger charge is -2.39. The van der Waals surface area contributed by atoms with E-state index in [0.29, 0.717) is 4.47 Å². The number of amidine groups is 2. The maximum atomic E-state index is 14.7. The van der Waals surface area contributed by atoms with Crippen molar-refractivity contribution in [3.63, 3.8) is 0 Å². The van der Waals surface area contributed by atoms with Gasteiger partial charge in [-0.3, -0.25) is 19.6 Å². The SMILES string of the molecule is NC1=N[C@](CF)(c2cc(NC(=O)c3ccc(Br)cn3)ccc2F)C(F)(F)CC1.[2H]C([2H])([2H])Oc1ccc(C(=O)Nc2ccc(F)c([C@@]3(CF)N=C(N)CCC3(F)F)c2)nc1. The van der Waals surface area contributed by atoms with Crippen LogP contribution in [0.3, 0.4) is 0 Å². The van der Waals surface area contributed by atoms with Gasteiger partial charge in [-0.1, -0.05) is 0 Å². The average Bonchev–Trinajstić information content (AvgIpc) is 3.18. The number of carbonyl (C=O) groups is 2. The molecule has 0 unspecified atom stereocenters. The number of pyridine rings is 2. The number of nitrogens with one attached hydrogen (secondary N) is 2. The van der Waals surface area contributed by atoms with Gasteiger partial charge >= 0.3 is 0 Å². The van der Waals surface area contributed by atoms with Crippen LogP contribution in [0, 0.1) is 11.6 Å². The normalized spacial score (nSPS) is 21.9. The van der Waals surface area contributed by atoms with E-state index in [9.17, 15) is 44.7 Å². The predicted octanol–water partition coefficient (Wildman–Crippen LogP) is 7.62. The van der Waals surface area contributed by atoms with Gasteiger partial charge in [0, 0.05) is 58.9 Å². The fourth-order valence-electron chi connectivity index (χ4n) is 5.98. The van der Waals surface area contributed by atoms with E-state index >= 15 is 0 Å². The first kappa shape index (κ1) is 38.2. The van der Waals surface area contributed by atoms with Gasteiger partial charge in [0.15, 0.2) is 11.1 Å². The number of alkyl halides is 6. The minimum Gasteiger partial charge on any atom is -0.495 e. The van der Waals surface area contributed by atoms with E-state index in [1.165, 1.54) is 30.5 Å². The number of amides is 2. The predicted molar refractivity (Wildman–Crippen MR) is 198 cm³/mol. The summed E-state index contributed by atoms with van der Waals surface area (Å²) < 4.78 is 142. The standard InChI is InChI=1S/C19H18F4N4O2.C18H15BrF4N4O/c1-29-12-3-5-15(25-9-12)17(28)26-11-2-4-14(21)13(8-11)18(10-20)19(22,23)7-6-16(24)27-18;19-10-1-4-14(25-8-10)16(28)26-11-2-3-13(21)12(7-11)17(9-20)18(22,23)6-5-15(24)27-17/h2-5,8-9H,6-7,10H2,1H3,(H2,24,27)(H,26,28);1-4,7-8H,5-6,9H2,(H2,24,27)(H,26,28)/t18-;17-/m11/s1/i1D3;. The van der Waals surface area contributed by atoms with Crippen LogP contribution in [-0.4, -0.2) is 65.7 Å². The number of nitrogens with two attached hydrogens (primary N) is 2. The second-order valence-electron chi connectivity index (χ2n) is 12.7. The fraction of sp³-hybridized carbons (Fsp3) is 0.297. The number of hydrogen-bond donors (Lipinski definition) is 4. The van der Waals surface area contributed by atoms with E-state index in [4.69, 9.17) is 15.6 Å². The van der Waals surface area contributed by atoms with Gasteiger partial charge in [0.25, 0.3) is 23.7 Å². The molecule has 0 radical (unpaired) electrons. The third-order valence-corrected chi connectivity index (χ3v) is 9.51. The molecule has 57 heavy (non-hydrogen) atoms. The van der Waals surface area contributed by atoms with Gasteiger partial charge in [0.1, 0.15) is 42.1 Å². The molecule has 2 aliphatic heterocycles. The summed E-state index contributed by atoms with van der Waals surface area (Å²) in [6.07, 6.45) is 0.364. The zero-order valence-corrected chi connectivity index (χ0v) is 30.8. The number of hydrogen-bond acceptors (Lipinski definition) is 9. The summed E-state index contributed by atoms with van der Waals surface area (Å²) in [6, 6.07) is 11.2. The lowest BCUT2D eigenvalue weighted by Crippen LogP contribution is -2.51. The summed E-state index contributed by atoms with van der Waals surface area (Å²) in [5, 5.41) is 4.78.